The van der Waals surface area contributed by atoms with Crippen molar-refractivity contribution in [3.63, 3.8) is 0 Å². The molecule has 1 aromatic rings. The Morgan fingerprint density at radius 3 is 2.94 bits per heavy atom. The van der Waals surface area contributed by atoms with Crippen molar-refractivity contribution in [1.82, 2.24) is 5.32 Å². The Morgan fingerprint density at radius 2 is 2.24 bits per heavy atom. The van der Waals surface area contributed by atoms with Crippen LogP contribution in [0.25, 0.3) is 0 Å². The van der Waals surface area contributed by atoms with Gasteiger partial charge < -0.3 is 10.6 Å². The number of nitrogens with one attached hydrogen (secondary N) is 2. The molecule has 0 bridgehead atoms. The van der Waals surface area contributed by atoms with Crippen molar-refractivity contribution in [1.29, 1.82) is 0 Å². The minimum absolute atomic E-state index is 0.0300. The van der Waals surface area contributed by atoms with E-state index >= 15 is 0 Å². The number of benzene rings is 1. The Bertz CT molecular complexity index is 389. The van der Waals surface area contributed by atoms with Crippen molar-refractivity contribution in [2.24, 2.45) is 0 Å². The number of amides is 1. The quantitative estimate of drug-likeness (QED) is 0.865. The van der Waals surface area contributed by atoms with E-state index in [9.17, 15) is 4.79 Å². The van der Waals surface area contributed by atoms with Crippen molar-refractivity contribution >= 4 is 23.4 Å². The summed E-state index contributed by atoms with van der Waals surface area (Å²) in [6, 6.07) is 7.93. The van der Waals surface area contributed by atoms with Crippen LogP contribution in [0.4, 0.5) is 5.69 Å². The highest BCUT2D eigenvalue weighted by atomic mass is 32.2. The Balaban J connectivity index is 2.03. The van der Waals surface area contributed by atoms with Crippen LogP contribution in [0.1, 0.15) is 23.2 Å². The molecule has 92 valence electrons. The molecular formula is C13H18N2OS. The predicted molar refractivity (Wildman–Crippen MR) is 73.8 cm³/mol. The molecule has 1 amide bonds. The largest absolute Gasteiger partial charge is 0.387 e. The fourth-order valence-electron chi connectivity index (χ4n) is 2.02. The number of carbonyl (C=O) groups excluding carboxylic acids is 1. The maximum atomic E-state index is 12.1. The molecule has 0 aliphatic carbocycles. The normalized spacial score (nSPS) is 19.7. The van der Waals surface area contributed by atoms with E-state index in [1.165, 1.54) is 12.2 Å². The van der Waals surface area contributed by atoms with E-state index in [1.54, 1.807) is 0 Å². The van der Waals surface area contributed by atoms with Gasteiger partial charge >= 0.3 is 0 Å². The number of carbonyl (C=O) groups is 1. The monoisotopic (exact) mass is 250 g/mol. The van der Waals surface area contributed by atoms with Crippen molar-refractivity contribution in [3.8, 4) is 0 Å². The van der Waals surface area contributed by atoms with E-state index in [2.05, 4.69) is 10.6 Å². The Morgan fingerprint density at radius 1 is 1.41 bits per heavy atom. The summed E-state index contributed by atoms with van der Waals surface area (Å²) >= 11 is 1.92. The Labute approximate surface area is 106 Å². The average molecular weight is 250 g/mol. The summed E-state index contributed by atoms with van der Waals surface area (Å²) in [7, 11) is 1.84. The first-order valence-corrected chi connectivity index (χ1v) is 7.12. The number of hydrogen-bond acceptors (Lipinski definition) is 3. The molecule has 2 rings (SSSR count). The van der Waals surface area contributed by atoms with Crippen LogP contribution >= 0.6 is 11.8 Å². The van der Waals surface area contributed by atoms with Crippen molar-refractivity contribution < 1.29 is 4.79 Å². The zero-order chi connectivity index (χ0) is 12.1. The van der Waals surface area contributed by atoms with E-state index in [0.29, 0.717) is 6.04 Å². The van der Waals surface area contributed by atoms with Crippen LogP contribution in [-0.2, 0) is 0 Å². The second-order valence-electron chi connectivity index (χ2n) is 4.18. The molecule has 1 saturated heterocycles. The average Bonchev–Trinajstić information content (AvgIpc) is 2.40. The van der Waals surface area contributed by atoms with Gasteiger partial charge in [0.2, 0.25) is 0 Å². The summed E-state index contributed by atoms with van der Waals surface area (Å²) in [5.74, 6) is 2.29. The molecule has 0 aromatic heterocycles. The van der Waals surface area contributed by atoms with E-state index in [4.69, 9.17) is 0 Å². The topological polar surface area (TPSA) is 41.1 Å². The molecule has 3 nitrogen and oxygen atoms in total. The molecule has 1 unspecified atom stereocenters. The molecule has 2 N–H and O–H groups in total. The highest BCUT2D eigenvalue weighted by Gasteiger charge is 2.18. The van der Waals surface area contributed by atoms with Crippen LogP contribution < -0.4 is 10.6 Å². The van der Waals surface area contributed by atoms with Gasteiger partial charge in [-0.2, -0.15) is 11.8 Å². The third-order valence-corrected chi connectivity index (χ3v) is 4.15. The molecule has 1 aliphatic rings. The zero-order valence-corrected chi connectivity index (χ0v) is 10.8. The van der Waals surface area contributed by atoms with Gasteiger partial charge in [-0.25, -0.2) is 0 Å². The van der Waals surface area contributed by atoms with Gasteiger partial charge in [0, 0.05) is 24.5 Å². The van der Waals surface area contributed by atoms with Crippen LogP contribution in [0, 0.1) is 0 Å². The van der Waals surface area contributed by atoms with Crippen LogP contribution in [0.5, 0.6) is 0 Å². The van der Waals surface area contributed by atoms with Crippen molar-refractivity contribution in [2.45, 2.75) is 18.9 Å². The van der Waals surface area contributed by atoms with Crippen molar-refractivity contribution in [3.05, 3.63) is 29.8 Å². The summed E-state index contributed by atoms with van der Waals surface area (Å²) < 4.78 is 0. The van der Waals surface area contributed by atoms with Gasteiger partial charge in [0.25, 0.3) is 5.91 Å². The highest BCUT2D eigenvalue weighted by molar-refractivity contribution is 7.99. The zero-order valence-electron chi connectivity index (χ0n) is 10.0. The van der Waals surface area contributed by atoms with Gasteiger partial charge in [-0.1, -0.05) is 12.1 Å². The van der Waals surface area contributed by atoms with E-state index in [1.807, 2.05) is 43.1 Å². The molecule has 1 aliphatic heterocycles. The molecule has 0 spiro atoms. The lowest BCUT2D eigenvalue weighted by Gasteiger charge is -2.23. The minimum atomic E-state index is 0.0300. The van der Waals surface area contributed by atoms with E-state index in [0.717, 1.165) is 23.4 Å². The van der Waals surface area contributed by atoms with Crippen molar-refractivity contribution in [2.75, 3.05) is 23.9 Å². The first kappa shape index (κ1) is 12.3. The Hall–Kier alpha value is -1.16. The smallest absolute Gasteiger partial charge is 0.253 e. The van der Waals surface area contributed by atoms with Gasteiger partial charge in [-0.05, 0) is 30.7 Å². The molecule has 1 heterocycles. The number of para-hydroxylation sites is 1. The van der Waals surface area contributed by atoms with Crippen LogP contribution in [-0.4, -0.2) is 30.5 Å². The summed E-state index contributed by atoms with van der Waals surface area (Å²) in [5.41, 5.74) is 1.61. The highest BCUT2D eigenvalue weighted by Crippen LogP contribution is 2.19. The second kappa shape index (κ2) is 5.96. The molecule has 17 heavy (non-hydrogen) atoms. The standard InChI is InChI=1S/C13H18N2OS/c1-14-12-7-3-2-6-11(12)13(16)15-10-5-4-8-17-9-10/h2-3,6-7,10,14H,4-5,8-9H2,1H3,(H,15,16). The van der Waals surface area contributed by atoms with Gasteiger partial charge in [-0.15, -0.1) is 0 Å². The van der Waals surface area contributed by atoms with Gasteiger partial charge in [0.05, 0.1) is 5.56 Å². The first-order valence-electron chi connectivity index (χ1n) is 5.96. The maximum absolute atomic E-state index is 12.1. The molecule has 0 radical (unpaired) electrons. The molecule has 4 heteroatoms. The SMILES string of the molecule is CNc1ccccc1C(=O)NC1CCCSC1. The van der Waals surface area contributed by atoms with Gasteiger partial charge in [0.15, 0.2) is 0 Å². The summed E-state index contributed by atoms with van der Waals surface area (Å²) in [5, 5.41) is 6.16. The molecule has 1 atom stereocenters. The second-order valence-corrected chi connectivity index (χ2v) is 5.33. The fraction of sp³-hybridized carbons (Fsp3) is 0.462. The summed E-state index contributed by atoms with van der Waals surface area (Å²) in [6.45, 7) is 0. The number of rotatable bonds is 3. The van der Waals surface area contributed by atoms with Crippen LogP contribution in [0.15, 0.2) is 24.3 Å². The molecular weight excluding hydrogens is 232 g/mol. The van der Waals surface area contributed by atoms with E-state index < -0.39 is 0 Å². The Kier molecular flexibility index (Phi) is 4.31. The number of thioether (sulfide) groups is 1. The van der Waals surface area contributed by atoms with Gasteiger partial charge in [-0.3, -0.25) is 4.79 Å². The predicted octanol–water partition coefficient (Wildman–Crippen LogP) is 2.35. The number of hydrogen-bond donors (Lipinski definition) is 2. The molecule has 1 aromatic carbocycles. The summed E-state index contributed by atoms with van der Waals surface area (Å²) in [4.78, 5) is 12.1. The maximum Gasteiger partial charge on any atom is 0.253 e. The first-order chi connectivity index (χ1) is 8.31. The minimum Gasteiger partial charge on any atom is -0.387 e. The number of anilines is 1. The van der Waals surface area contributed by atoms with Gasteiger partial charge in [0.1, 0.15) is 0 Å². The third-order valence-electron chi connectivity index (χ3n) is 2.94. The molecule has 1 fully saturated rings. The lowest BCUT2D eigenvalue weighted by molar-refractivity contribution is 0.0939. The lowest BCUT2D eigenvalue weighted by atomic mass is 10.1. The summed E-state index contributed by atoms with van der Waals surface area (Å²) in [6.07, 6.45) is 2.30. The fourth-order valence-corrected chi connectivity index (χ4v) is 3.09. The lowest BCUT2D eigenvalue weighted by Crippen LogP contribution is -2.38. The van der Waals surface area contributed by atoms with Crippen LogP contribution in [0.3, 0.4) is 0 Å². The molecule has 0 saturated carbocycles. The van der Waals surface area contributed by atoms with Crippen LogP contribution in [0.2, 0.25) is 0 Å². The third kappa shape index (κ3) is 3.16. The van der Waals surface area contributed by atoms with E-state index in [-0.39, 0.29) is 5.91 Å².